The van der Waals surface area contributed by atoms with Gasteiger partial charge in [0.15, 0.2) is 11.4 Å². The maximum Gasteiger partial charge on any atom is 0.417 e. The summed E-state index contributed by atoms with van der Waals surface area (Å²) >= 11 is 0. The van der Waals surface area contributed by atoms with E-state index >= 15 is 0 Å². The number of hydrogen-bond acceptors (Lipinski definition) is 5. The molecule has 5 rings (SSSR count). The molecule has 1 fully saturated rings. The number of rotatable bonds is 6. The van der Waals surface area contributed by atoms with Crippen molar-refractivity contribution < 1.29 is 14.0 Å². The highest BCUT2D eigenvalue weighted by Crippen LogP contribution is 2.25. The number of aromatic amines is 1. The number of carbonyl (C=O) groups excluding carboxylic acids is 2. The lowest BCUT2D eigenvalue weighted by molar-refractivity contribution is 0.0629. The van der Waals surface area contributed by atoms with Gasteiger partial charge in [-0.25, -0.2) is 4.79 Å². The van der Waals surface area contributed by atoms with Crippen molar-refractivity contribution in [3.63, 3.8) is 0 Å². The standard InChI is InChI=1S/C28H27N3O4/c1-19-6-8-20(9-7-19)22-4-2-3-5-23(22)27(33)31-16-14-30(15-17-31)13-12-25(32)21-10-11-24-26(18-21)35-28(34)29-24/h2-11,18H,12-17H2,1H3,(H,29,34). The normalized spacial score (nSPS) is 14.4. The molecule has 0 aliphatic carbocycles. The van der Waals surface area contributed by atoms with Crippen LogP contribution in [-0.4, -0.2) is 59.2 Å². The fraction of sp³-hybridized carbons (Fsp3) is 0.250. The Morgan fingerprint density at radius 2 is 1.69 bits per heavy atom. The molecule has 178 valence electrons. The molecule has 0 bridgehead atoms. The number of ketones is 1. The summed E-state index contributed by atoms with van der Waals surface area (Å²) < 4.78 is 5.05. The summed E-state index contributed by atoms with van der Waals surface area (Å²) in [7, 11) is 0. The van der Waals surface area contributed by atoms with Crippen LogP contribution >= 0.6 is 0 Å². The topological polar surface area (TPSA) is 86.6 Å². The lowest BCUT2D eigenvalue weighted by Crippen LogP contribution is -2.49. The molecule has 3 aromatic carbocycles. The molecule has 0 saturated carbocycles. The van der Waals surface area contributed by atoms with Crippen LogP contribution in [0.5, 0.6) is 0 Å². The Morgan fingerprint density at radius 1 is 0.943 bits per heavy atom. The first-order valence-electron chi connectivity index (χ1n) is 11.8. The van der Waals surface area contributed by atoms with Crippen molar-refractivity contribution in [3.05, 3.63) is 94.0 Å². The van der Waals surface area contributed by atoms with E-state index in [-0.39, 0.29) is 11.7 Å². The molecule has 2 heterocycles. The van der Waals surface area contributed by atoms with Crippen LogP contribution in [-0.2, 0) is 0 Å². The number of carbonyl (C=O) groups is 2. The molecule has 0 radical (unpaired) electrons. The number of amides is 1. The highest BCUT2D eigenvalue weighted by Gasteiger charge is 2.24. The van der Waals surface area contributed by atoms with Crippen molar-refractivity contribution in [2.75, 3.05) is 32.7 Å². The molecule has 1 amide bonds. The maximum absolute atomic E-state index is 13.3. The molecule has 0 spiro atoms. The molecule has 1 saturated heterocycles. The van der Waals surface area contributed by atoms with E-state index < -0.39 is 5.76 Å². The molecule has 1 aliphatic heterocycles. The summed E-state index contributed by atoms with van der Waals surface area (Å²) in [6, 6.07) is 21.0. The lowest BCUT2D eigenvalue weighted by Gasteiger charge is -2.35. The molecule has 1 aliphatic rings. The molecule has 1 N–H and O–H groups in total. The Balaban J connectivity index is 1.18. The van der Waals surface area contributed by atoms with Gasteiger partial charge in [0.05, 0.1) is 5.52 Å². The number of piperazine rings is 1. The van der Waals surface area contributed by atoms with E-state index in [1.54, 1.807) is 18.2 Å². The third-order valence-corrected chi connectivity index (χ3v) is 6.58. The average molecular weight is 470 g/mol. The molecule has 0 unspecified atom stereocenters. The number of aryl methyl sites for hydroxylation is 1. The molecule has 1 aromatic heterocycles. The van der Waals surface area contributed by atoms with E-state index in [4.69, 9.17) is 4.42 Å². The zero-order valence-electron chi connectivity index (χ0n) is 19.6. The molecule has 35 heavy (non-hydrogen) atoms. The van der Waals surface area contributed by atoms with Gasteiger partial charge >= 0.3 is 5.76 Å². The molecular formula is C28H27N3O4. The number of hydrogen-bond donors (Lipinski definition) is 1. The Labute approximate surface area is 203 Å². The highest BCUT2D eigenvalue weighted by atomic mass is 16.4. The SMILES string of the molecule is Cc1ccc(-c2ccccc2C(=O)N2CCN(CCC(=O)c3ccc4[nH]c(=O)oc4c3)CC2)cc1. The monoisotopic (exact) mass is 469 g/mol. The third-order valence-electron chi connectivity index (χ3n) is 6.58. The highest BCUT2D eigenvalue weighted by molar-refractivity contribution is 6.01. The van der Waals surface area contributed by atoms with Gasteiger partial charge in [0.1, 0.15) is 0 Å². The minimum atomic E-state index is -0.529. The van der Waals surface area contributed by atoms with Crippen molar-refractivity contribution in [1.82, 2.24) is 14.8 Å². The summed E-state index contributed by atoms with van der Waals surface area (Å²) in [5.41, 5.74) is 5.38. The first-order chi connectivity index (χ1) is 17.0. The summed E-state index contributed by atoms with van der Waals surface area (Å²) in [5, 5.41) is 0. The smallest absolute Gasteiger partial charge is 0.408 e. The number of fused-ring (bicyclic) bond motifs is 1. The second-order valence-electron chi connectivity index (χ2n) is 8.94. The summed E-state index contributed by atoms with van der Waals surface area (Å²) in [6.07, 6.45) is 0.365. The Kier molecular flexibility index (Phi) is 6.33. The van der Waals surface area contributed by atoms with Crippen molar-refractivity contribution in [3.8, 4) is 11.1 Å². The van der Waals surface area contributed by atoms with Crippen LogP contribution in [0.15, 0.2) is 75.9 Å². The second-order valence-corrected chi connectivity index (χ2v) is 8.94. The Morgan fingerprint density at radius 3 is 2.46 bits per heavy atom. The van der Waals surface area contributed by atoms with Crippen molar-refractivity contribution in [2.24, 2.45) is 0 Å². The lowest BCUT2D eigenvalue weighted by atomic mass is 9.98. The molecular weight excluding hydrogens is 442 g/mol. The number of aromatic nitrogens is 1. The number of benzene rings is 3. The van der Waals surface area contributed by atoms with Gasteiger partial charge in [0.2, 0.25) is 0 Å². The van der Waals surface area contributed by atoms with Gasteiger partial charge in [0.25, 0.3) is 5.91 Å². The van der Waals surface area contributed by atoms with Crippen molar-refractivity contribution in [2.45, 2.75) is 13.3 Å². The van der Waals surface area contributed by atoms with Gasteiger partial charge in [-0.05, 0) is 42.3 Å². The number of Topliss-reactive ketones (excluding diaryl/α,β-unsaturated/α-hetero) is 1. The van der Waals surface area contributed by atoms with Crippen LogP contribution in [0.25, 0.3) is 22.2 Å². The van der Waals surface area contributed by atoms with E-state index in [2.05, 4.69) is 34.1 Å². The van der Waals surface area contributed by atoms with E-state index in [9.17, 15) is 14.4 Å². The second kappa shape index (κ2) is 9.72. The average Bonchev–Trinajstić information content (AvgIpc) is 3.27. The summed E-state index contributed by atoms with van der Waals surface area (Å²) in [5.74, 6) is -0.488. The Hall–Kier alpha value is -3.97. The first kappa shape index (κ1) is 22.8. The van der Waals surface area contributed by atoms with Crippen LogP contribution < -0.4 is 5.76 Å². The quantitative estimate of drug-likeness (QED) is 0.429. The van der Waals surface area contributed by atoms with Crippen LogP contribution in [0.4, 0.5) is 0 Å². The molecule has 4 aromatic rings. The minimum Gasteiger partial charge on any atom is -0.408 e. The fourth-order valence-electron chi connectivity index (χ4n) is 4.52. The zero-order chi connectivity index (χ0) is 24.4. The van der Waals surface area contributed by atoms with Gasteiger partial charge in [-0.15, -0.1) is 0 Å². The molecule has 0 atom stereocenters. The molecule has 7 heteroatoms. The van der Waals surface area contributed by atoms with Gasteiger partial charge in [-0.1, -0.05) is 48.0 Å². The van der Waals surface area contributed by atoms with E-state index in [1.165, 1.54) is 5.56 Å². The van der Waals surface area contributed by atoms with Gasteiger partial charge in [-0.3, -0.25) is 19.5 Å². The number of nitrogens with zero attached hydrogens (tertiary/aromatic N) is 2. The third kappa shape index (κ3) is 4.95. The van der Waals surface area contributed by atoms with E-state index in [0.717, 1.165) is 24.2 Å². The van der Waals surface area contributed by atoms with Gasteiger partial charge < -0.3 is 9.32 Å². The number of nitrogens with one attached hydrogen (secondary N) is 1. The van der Waals surface area contributed by atoms with E-state index in [0.29, 0.717) is 48.3 Å². The molecule has 7 nitrogen and oxygen atoms in total. The van der Waals surface area contributed by atoms with Crippen molar-refractivity contribution in [1.29, 1.82) is 0 Å². The predicted octanol–water partition coefficient (Wildman–Crippen LogP) is 4.13. The first-order valence-corrected chi connectivity index (χ1v) is 11.8. The maximum atomic E-state index is 13.3. The predicted molar refractivity (Wildman–Crippen MR) is 135 cm³/mol. The summed E-state index contributed by atoms with van der Waals surface area (Å²) in [6.45, 7) is 5.35. The number of H-pyrrole nitrogens is 1. The van der Waals surface area contributed by atoms with Crippen molar-refractivity contribution >= 4 is 22.8 Å². The van der Waals surface area contributed by atoms with Crippen LogP contribution in [0.1, 0.15) is 32.7 Å². The largest absolute Gasteiger partial charge is 0.417 e. The van der Waals surface area contributed by atoms with Crippen LogP contribution in [0, 0.1) is 6.92 Å². The van der Waals surface area contributed by atoms with E-state index in [1.807, 2.05) is 36.1 Å². The van der Waals surface area contributed by atoms with Gasteiger partial charge in [0, 0.05) is 50.3 Å². The fourth-order valence-corrected chi connectivity index (χ4v) is 4.52. The summed E-state index contributed by atoms with van der Waals surface area (Å²) in [4.78, 5) is 44.0. The van der Waals surface area contributed by atoms with Gasteiger partial charge in [-0.2, -0.15) is 0 Å². The van der Waals surface area contributed by atoms with Crippen LogP contribution in [0.3, 0.4) is 0 Å². The number of oxazole rings is 1. The Bertz CT molecular complexity index is 1430. The zero-order valence-corrected chi connectivity index (χ0v) is 19.6. The minimum absolute atomic E-state index is 0.00119. The van der Waals surface area contributed by atoms with Crippen LogP contribution in [0.2, 0.25) is 0 Å².